The fourth-order valence-electron chi connectivity index (χ4n) is 2.73. The minimum atomic E-state index is 0.837. The molecule has 0 radical (unpaired) electrons. The average Bonchev–Trinajstić information content (AvgIpc) is 3.02. The largest absolute Gasteiger partial charge is 0.329 e. The summed E-state index contributed by atoms with van der Waals surface area (Å²) in [4.78, 5) is 2.65. The molecule has 2 rings (SSSR count). The predicted octanol–water partition coefficient (Wildman–Crippen LogP) is 1.99. The molecule has 82 valence electrons. The van der Waals surface area contributed by atoms with Crippen molar-refractivity contribution in [3.8, 4) is 0 Å². The molecule has 0 unspecified atom stereocenters. The van der Waals surface area contributed by atoms with E-state index in [0.717, 1.165) is 25.0 Å². The van der Waals surface area contributed by atoms with Gasteiger partial charge in [-0.1, -0.05) is 19.3 Å². The van der Waals surface area contributed by atoms with Crippen molar-refractivity contribution in [3.63, 3.8) is 0 Å². The first-order valence-electron chi connectivity index (χ1n) is 6.34. The lowest BCUT2D eigenvalue weighted by Crippen LogP contribution is -2.36. The fraction of sp³-hybridized carbons (Fsp3) is 1.00. The van der Waals surface area contributed by atoms with Crippen LogP contribution in [-0.4, -0.2) is 30.6 Å². The number of hydrogen-bond donors (Lipinski definition) is 1. The zero-order valence-corrected chi connectivity index (χ0v) is 9.25. The van der Waals surface area contributed by atoms with E-state index in [1.165, 1.54) is 51.5 Å². The van der Waals surface area contributed by atoms with Crippen molar-refractivity contribution < 1.29 is 0 Å². The van der Waals surface area contributed by atoms with Crippen LogP contribution in [0.25, 0.3) is 0 Å². The second kappa shape index (κ2) is 5.13. The van der Waals surface area contributed by atoms with Crippen LogP contribution in [0.15, 0.2) is 0 Å². The Bertz CT molecular complexity index is 160. The lowest BCUT2D eigenvalue weighted by Gasteiger charge is -2.29. The van der Waals surface area contributed by atoms with Gasteiger partial charge in [-0.05, 0) is 31.6 Å². The molecular weight excluding hydrogens is 172 g/mol. The predicted molar refractivity (Wildman–Crippen MR) is 60.2 cm³/mol. The molecule has 2 heteroatoms. The Morgan fingerprint density at radius 1 is 1.00 bits per heavy atom. The fourth-order valence-corrected chi connectivity index (χ4v) is 2.73. The molecule has 0 aliphatic heterocycles. The molecule has 2 aliphatic carbocycles. The Kier molecular flexibility index (Phi) is 3.82. The van der Waals surface area contributed by atoms with Crippen molar-refractivity contribution in [1.29, 1.82) is 0 Å². The maximum absolute atomic E-state index is 5.66. The molecular formula is C12H24N2. The van der Waals surface area contributed by atoms with Crippen LogP contribution >= 0.6 is 0 Å². The van der Waals surface area contributed by atoms with E-state index in [9.17, 15) is 0 Å². The molecule has 0 aromatic carbocycles. The van der Waals surface area contributed by atoms with E-state index in [0.29, 0.717) is 0 Å². The van der Waals surface area contributed by atoms with Gasteiger partial charge in [0.2, 0.25) is 0 Å². The molecule has 2 nitrogen and oxygen atoms in total. The third kappa shape index (κ3) is 2.96. The Labute approximate surface area is 87.8 Å². The maximum Gasteiger partial charge on any atom is 0.0108 e. The highest BCUT2D eigenvalue weighted by molar-refractivity contribution is 4.86. The van der Waals surface area contributed by atoms with Crippen LogP contribution < -0.4 is 5.73 Å². The van der Waals surface area contributed by atoms with Crippen LogP contribution in [-0.2, 0) is 0 Å². The zero-order chi connectivity index (χ0) is 9.80. The van der Waals surface area contributed by atoms with Crippen LogP contribution in [0.2, 0.25) is 0 Å². The van der Waals surface area contributed by atoms with Crippen molar-refractivity contribution >= 4 is 0 Å². The molecule has 0 heterocycles. The monoisotopic (exact) mass is 196 g/mol. The first-order chi connectivity index (χ1) is 6.90. The summed E-state index contributed by atoms with van der Waals surface area (Å²) in [5.74, 6) is 0.982. The minimum absolute atomic E-state index is 0.837. The van der Waals surface area contributed by atoms with Gasteiger partial charge in [0.1, 0.15) is 0 Å². The lowest BCUT2D eigenvalue weighted by molar-refractivity contribution is 0.197. The summed E-state index contributed by atoms with van der Waals surface area (Å²) in [5.41, 5.74) is 5.66. The molecule has 2 saturated carbocycles. The summed E-state index contributed by atoms with van der Waals surface area (Å²) < 4.78 is 0. The van der Waals surface area contributed by atoms with Gasteiger partial charge in [-0.2, -0.15) is 0 Å². The third-order valence-electron chi connectivity index (χ3n) is 3.70. The molecule has 0 aromatic heterocycles. The first-order valence-corrected chi connectivity index (χ1v) is 6.34. The van der Waals surface area contributed by atoms with Gasteiger partial charge >= 0.3 is 0 Å². The molecule has 0 spiro atoms. The summed E-state index contributed by atoms with van der Waals surface area (Å²) >= 11 is 0. The van der Waals surface area contributed by atoms with Crippen molar-refractivity contribution in [1.82, 2.24) is 4.90 Å². The van der Waals surface area contributed by atoms with Crippen LogP contribution in [0.5, 0.6) is 0 Å². The standard InChI is InChI=1S/C12H24N2/c13-8-9-14(12-6-7-12)10-11-4-2-1-3-5-11/h11-12H,1-10,13H2. The van der Waals surface area contributed by atoms with Gasteiger partial charge < -0.3 is 5.73 Å². The van der Waals surface area contributed by atoms with E-state index < -0.39 is 0 Å². The van der Waals surface area contributed by atoms with Gasteiger partial charge in [-0.3, -0.25) is 4.90 Å². The van der Waals surface area contributed by atoms with Gasteiger partial charge in [0.05, 0.1) is 0 Å². The van der Waals surface area contributed by atoms with E-state index in [2.05, 4.69) is 4.90 Å². The smallest absolute Gasteiger partial charge is 0.0108 e. The van der Waals surface area contributed by atoms with E-state index >= 15 is 0 Å². The summed E-state index contributed by atoms with van der Waals surface area (Å²) in [6.07, 6.45) is 10.2. The van der Waals surface area contributed by atoms with Gasteiger partial charge in [-0.25, -0.2) is 0 Å². The van der Waals surface area contributed by atoms with E-state index in [1.807, 2.05) is 0 Å². The molecule has 0 bridgehead atoms. The van der Waals surface area contributed by atoms with E-state index in [-0.39, 0.29) is 0 Å². The number of nitrogens with zero attached hydrogens (tertiary/aromatic N) is 1. The van der Waals surface area contributed by atoms with Crippen LogP contribution in [0.1, 0.15) is 44.9 Å². The van der Waals surface area contributed by atoms with Gasteiger partial charge in [0, 0.05) is 25.7 Å². The second-order valence-electron chi connectivity index (χ2n) is 5.02. The van der Waals surface area contributed by atoms with Crippen LogP contribution in [0.3, 0.4) is 0 Å². The highest BCUT2D eigenvalue weighted by Gasteiger charge is 2.30. The van der Waals surface area contributed by atoms with Crippen molar-refractivity contribution in [2.45, 2.75) is 51.0 Å². The van der Waals surface area contributed by atoms with Crippen molar-refractivity contribution in [3.05, 3.63) is 0 Å². The average molecular weight is 196 g/mol. The Balaban J connectivity index is 1.73. The summed E-state index contributed by atoms with van der Waals surface area (Å²) in [6, 6.07) is 0.903. The second-order valence-corrected chi connectivity index (χ2v) is 5.02. The van der Waals surface area contributed by atoms with E-state index in [4.69, 9.17) is 5.73 Å². The van der Waals surface area contributed by atoms with Gasteiger partial charge in [0.25, 0.3) is 0 Å². The molecule has 0 saturated heterocycles. The molecule has 2 N–H and O–H groups in total. The van der Waals surface area contributed by atoms with Crippen LogP contribution in [0.4, 0.5) is 0 Å². The minimum Gasteiger partial charge on any atom is -0.329 e. The summed E-state index contributed by atoms with van der Waals surface area (Å²) in [5, 5.41) is 0. The summed E-state index contributed by atoms with van der Waals surface area (Å²) in [7, 11) is 0. The Morgan fingerprint density at radius 2 is 1.71 bits per heavy atom. The molecule has 2 aliphatic rings. The molecule has 14 heavy (non-hydrogen) atoms. The SMILES string of the molecule is NCCN(CC1CCCCC1)C1CC1. The lowest BCUT2D eigenvalue weighted by atomic mass is 9.89. The van der Waals surface area contributed by atoms with Crippen molar-refractivity contribution in [2.24, 2.45) is 11.7 Å². The van der Waals surface area contributed by atoms with Crippen LogP contribution in [0, 0.1) is 5.92 Å². The topological polar surface area (TPSA) is 29.3 Å². The van der Waals surface area contributed by atoms with Gasteiger partial charge in [-0.15, -0.1) is 0 Å². The Hall–Kier alpha value is -0.0800. The number of nitrogens with two attached hydrogens (primary N) is 1. The van der Waals surface area contributed by atoms with Crippen molar-refractivity contribution in [2.75, 3.05) is 19.6 Å². The molecule has 2 fully saturated rings. The molecule has 0 amide bonds. The summed E-state index contributed by atoms with van der Waals surface area (Å²) in [6.45, 7) is 3.30. The quantitative estimate of drug-likeness (QED) is 0.728. The zero-order valence-electron chi connectivity index (χ0n) is 9.25. The molecule has 0 aromatic rings. The normalized spacial score (nSPS) is 24.4. The third-order valence-corrected chi connectivity index (χ3v) is 3.70. The highest BCUT2D eigenvalue weighted by atomic mass is 15.2. The number of rotatable bonds is 5. The Morgan fingerprint density at radius 3 is 2.29 bits per heavy atom. The number of hydrogen-bond acceptors (Lipinski definition) is 2. The maximum atomic E-state index is 5.66. The van der Waals surface area contributed by atoms with Gasteiger partial charge in [0.15, 0.2) is 0 Å². The van der Waals surface area contributed by atoms with E-state index in [1.54, 1.807) is 0 Å². The first kappa shape index (κ1) is 10.4. The molecule has 0 atom stereocenters. The highest BCUT2D eigenvalue weighted by Crippen LogP contribution is 2.30.